The summed E-state index contributed by atoms with van der Waals surface area (Å²) in [7, 11) is 4.51. The fraction of sp³-hybridized carbons (Fsp3) is 0.409. The van der Waals surface area contributed by atoms with Gasteiger partial charge in [0.1, 0.15) is 11.5 Å². The van der Waals surface area contributed by atoms with Gasteiger partial charge in [0.2, 0.25) is 5.91 Å². The van der Waals surface area contributed by atoms with Crippen LogP contribution in [0.15, 0.2) is 45.6 Å². The molecule has 1 aromatic carbocycles. The van der Waals surface area contributed by atoms with Crippen molar-refractivity contribution in [3.8, 4) is 11.5 Å². The van der Waals surface area contributed by atoms with Crippen molar-refractivity contribution >= 4 is 28.8 Å². The Labute approximate surface area is 186 Å². The molecule has 1 unspecified atom stereocenters. The fourth-order valence-electron chi connectivity index (χ4n) is 3.68. The first-order valence-electron chi connectivity index (χ1n) is 10.0. The van der Waals surface area contributed by atoms with Crippen molar-refractivity contribution in [2.75, 3.05) is 27.9 Å². The molecule has 0 aromatic heterocycles. The SMILES string of the molecule is CCNC(=O)CC1=CSC2=NC(CC)=C(C(=O)OC)C(c3ccc(OC)cc3OC)N12. The third-order valence-corrected chi connectivity index (χ3v) is 5.97. The lowest BCUT2D eigenvalue weighted by atomic mass is 9.92. The van der Waals surface area contributed by atoms with Gasteiger partial charge < -0.3 is 24.4 Å². The number of esters is 1. The molecule has 0 bridgehead atoms. The summed E-state index contributed by atoms with van der Waals surface area (Å²) in [5, 5.41) is 5.45. The van der Waals surface area contributed by atoms with Gasteiger partial charge >= 0.3 is 5.97 Å². The Morgan fingerprint density at radius 2 is 1.97 bits per heavy atom. The predicted molar refractivity (Wildman–Crippen MR) is 120 cm³/mol. The van der Waals surface area contributed by atoms with E-state index in [1.165, 1.54) is 18.9 Å². The molecule has 0 saturated carbocycles. The van der Waals surface area contributed by atoms with Crippen LogP contribution in [0.3, 0.4) is 0 Å². The molecule has 31 heavy (non-hydrogen) atoms. The first-order chi connectivity index (χ1) is 15.0. The van der Waals surface area contributed by atoms with Crippen LogP contribution in [0.25, 0.3) is 0 Å². The summed E-state index contributed by atoms with van der Waals surface area (Å²) >= 11 is 1.44. The van der Waals surface area contributed by atoms with Gasteiger partial charge in [-0.05, 0) is 30.9 Å². The summed E-state index contributed by atoms with van der Waals surface area (Å²) in [4.78, 5) is 31.9. The third kappa shape index (κ3) is 4.41. The molecule has 2 aliphatic heterocycles. The molecule has 1 N–H and O–H groups in total. The van der Waals surface area contributed by atoms with Gasteiger partial charge in [0.25, 0.3) is 0 Å². The van der Waals surface area contributed by atoms with Crippen molar-refractivity contribution < 1.29 is 23.8 Å². The zero-order valence-corrected chi connectivity index (χ0v) is 19.2. The Bertz CT molecular complexity index is 970. The smallest absolute Gasteiger partial charge is 0.338 e. The van der Waals surface area contributed by atoms with Crippen molar-refractivity contribution in [1.29, 1.82) is 0 Å². The van der Waals surface area contributed by atoms with Gasteiger partial charge in [-0.1, -0.05) is 18.7 Å². The van der Waals surface area contributed by atoms with Gasteiger partial charge in [-0.2, -0.15) is 0 Å². The number of nitrogens with zero attached hydrogens (tertiary/aromatic N) is 2. The van der Waals surface area contributed by atoms with Gasteiger partial charge in [-0.3, -0.25) is 4.79 Å². The molecule has 9 heteroatoms. The number of amidine groups is 1. The second-order valence-electron chi connectivity index (χ2n) is 6.84. The molecule has 0 fully saturated rings. The number of rotatable bonds is 8. The average molecular weight is 446 g/mol. The highest BCUT2D eigenvalue weighted by Crippen LogP contribution is 2.47. The molecule has 2 aliphatic rings. The van der Waals surface area contributed by atoms with E-state index < -0.39 is 12.0 Å². The number of carbonyl (C=O) groups excluding carboxylic acids is 2. The summed E-state index contributed by atoms with van der Waals surface area (Å²) in [5.41, 5.74) is 2.60. The summed E-state index contributed by atoms with van der Waals surface area (Å²) in [6.07, 6.45) is 0.730. The average Bonchev–Trinajstić information content (AvgIpc) is 3.19. The molecule has 1 aromatic rings. The summed E-state index contributed by atoms with van der Waals surface area (Å²) in [6, 6.07) is 4.91. The molecular weight excluding hydrogens is 418 g/mol. The maximum Gasteiger partial charge on any atom is 0.338 e. The number of ether oxygens (including phenoxy) is 3. The Balaban J connectivity index is 2.17. The highest BCUT2D eigenvalue weighted by molar-refractivity contribution is 8.16. The van der Waals surface area contributed by atoms with E-state index in [1.54, 1.807) is 20.3 Å². The molecule has 1 amide bonds. The van der Waals surface area contributed by atoms with Crippen LogP contribution in [0.5, 0.6) is 11.5 Å². The lowest BCUT2D eigenvalue weighted by Gasteiger charge is -2.37. The van der Waals surface area contributed by atoms with Crippen LogP contribution in [0, 0.1) is 0 Å². The normalized spacial score (nSPS) is 17.6. The minimum Gasteiger partial charge on any atom is -0.497 e. The molecule has 166 valence electrons. The van der Waals surface area contributed by atoms with Crippen LogP contribution in [0.4, 0.5) is 0 Å². The van der Waals surface area contributed by atoms with Gasteiger partial charge in [-0.15, -0.1) is 0 Å². The van der Waals surface area contributed by atoms with Crippen LogP contribution in [0.1, 0.15) is 38.3 Å². The molecule has 1 atom stereocenters. The molecule has 0 radical (unpaired) electrons. The van der Waals surface area contributed by atoms with Crippen LogP contribution in [-0.2, 0) is 14.3 Å². The van der Waals surface area contributed by atoms with E-state index in [2.05, 4.69) is 5.32 Å². The number of nitrogens with one attached hydrogen (secondary N) is 1. The highest BCUT2D eigenvalue weighted by atomic mass is 32.2. The van der Waals surface area contributed by atoms with Crippen LogP contribution < -0.4 is 14.8 Å². The number of hydrogen-bond acceptors (Lipinski definition) is 8. The number of hydrogen-bond donors (Lipinski definition) is 1. The molecule has 8 nitrogen and oxygen atoms in total. The van der Waals surface area contributed by atoms with Crippen molar-refractivity contribution in [2.24, 2.45) is 4.99 Å². The fourth-order valence-corrected chi connectivity index (χ4v) is 4.61. The van der Waals surface area contributed by atoms with E-state index in [9.17, 15) is 9.59 Å². The number of thioether (sulfide) groups is 1. The van der Waals surface area contributed by atoms with Crippen LogP contribution in [-0.4, -0.2) is 49.8 Å². The number of fused-ring (bicyclic) bond motifs is 1. The van der Waals surface area contributed by atoms with Crippen LogP contribution >= 0.6 is 11.8 Å². The van der Waals surface area contributed by atoms with Gasteiger partial charge in [0.05, 0.1) is 45.1 Å². The minimum absolute atomic E-state index is 0.0964. The van der Waals surface area contributed by atoms with Crippen LogP contribution in [0.2, 0.25) is 0 Å². The van der Waals surface area contributed by atoms with E-state index in [0.29, 0.717) is 40.9 Å². The largest absolute Gasteiger partial charge is 0.497 e. The third-order valence-electron chi connectivity index (χ3n) is 5.08. The highest BCUT2D eigenvalue weighted by Gasteiger charge is 2.42. The monoisotopic (exact) mass is 445 g/mol. The first-order valence-corrected chi connectivity index (χ1v) is 10.9. The van der Waals surface area contributed by atoms with Gasteiger partial charge in [-0.25, -0.2) is 9.79 Å². The molecule has 0 saturated heterocycles. The zero-order valence-electron chi connectivity index (χ0n) is 18.4. The zero-order chi connectivity index (χ0) is 22.5. The Morgan fingerprint density at radius 3 is 2.58 bits per heavy atom. The van der Waals surface area contributed by atoms with Crippen molar-refractivity contribution in [2.45, 2.75) is 32.7 Å². The summed E-state index contributed by atoms with van der Waals surface area (Å²) in [6.45, 7) is 4.37. The molecule has 0 aliphatic carbocycles. The maximum absolute atomic E-state index is 12.9. The predicted octanol–water partition coefficient (Wildman–Crippen LogP) is 3.37. The molecular formula is C22H27N3O5S. The van der Waals surface area contributed by atoms with Gasteiger partial charge in [0, 0.05) is 23.9 Å². The molecule has 3 rings (SSSR count). The van der Waals surface area contributed by atoms with Gasteiger partial charge in [0.15, 0.2) is 5.17 Å². The van der Waals surface area contributed by atoms with Crippen molar-refractivity contribution in [3.05, 3.63) is 46.1 Å². The lowest BCUT2D eigenvalue weighted by molar-refractivity contribution is -0.136. The quantitative estimate of drug-likeness (QED) is 0.614. The number of methoxy groups -OCH3 is 3. The topological polar surface area (TPSA) is 89.5 Å². The van der Waals surface area contributed by atoms with E-state index in [1.807, 2.05) is 36.3 Å². The Kier molecular flexibility index (Phi) is 7.27. The number of allylic oxidation sites excluding steroid dienone is 1. The second kappa shape index (κ2) is 9.91. The number of carbonyl (C=O) groups is 2. The first kappa shape index (κ1) is 22.7. The lowest BCUT2D eigenvalue weighted by Crippen LogP contribution is -2.38. The standard InChI is InChI=1S/C22H27N3O5S/c1-6-16-19(21(27)30-5)20(15-9-8-14(28-3)11-17(15)29-4)25-13(10-18(26)23-7-2)12-31-22(25)24-16/h8-9,11-12,20H,6-7,10H2,1-5H3,(H,23,26). The minimum atomic E-state index is -0.550. The summed E-state index contributed by atoms with van der Waals surface area (Å²) in [5.74, 6) is 0.646. The Hall–Kier alpha value is -2.94. The van der Waals surface area contributed by atoms with E-state index in [4.69, 9.17) is 19.2 Å². The van der Waals surface area contributed by atoms with Crippen molar-refractivity contribution in [1.82, 2.24) is 10.2 Å². The van der Waals surface area contributed by atoms with Crippen molar-refractivity contribution in [3.63, 3.8) is 0 Å². The number of aliphatic imine (C=N–C) groups is 1. The summed E-state index contributed by atoms with van der Waals surface area (Å²) < 4.78 is 16.1. The number of amides is 1. The Morgan fingerprint density at radius 1 is 1.19 bits per heavy atom. The van der Waals surface area contributed by atoms with E-state index >= 15 is 0 Å². The second-order valence-corrected chi connectivity index (χ2v) is 7.67. The number of benzene rings is 1. The molecule has 0 spiro atoms. The maximum atomic E-state index is 12.9. The van der Waals surface area contributed by atoms with E-state index in [-0.39, 0.29) is 12.3 Å². The van der Waals surface area contributed by atoms with E-state index in [0.717, 1.165) is 11.3 Å². The molecule has 2 heterocycles.